The summed E-state index contributed by atoms with van der Waals surface area (Å²) >= 11 is 3.29. The number of nitrogens with zero attached hydrogens (tertiary/aromatic N) is 2. The highest BCUT2D eigenvalue weighted by Crippen LogP contribution is 2.30. The van der Waals surface area contributed by atoms with Crippen molar-refractivity contribution in [1.82, 2.24) is 4.31 Å². The third-order valence-electron chi connectivity index (χ3n) is 3.59. The van der Waals surface area contributed by atoms with Gasteiger partial charge in [-0.1, -0.05) is 17.3 Å². The molecule has 108 valence electrons. The first-order valence-electron chi connectivity index (χ1n) is 6.56. The smallest absolute Gasteiger partial charge is 0.243 e. The number of oxime groups is 1. The maximum Gasteiger partial charge on any atom is 0.243 e. The van der Waals surface area contributed by atoms with Crippen molar-refractivity contribution in [3.8, 4) is 0 Å². The summed E-state index contributed by atoms with van der Waals surface area (Å²) in [5, 5.41) is 3.83. The van der Waals surface area contributed by atoms with Crippen LogP contribution >= 0.6 is 15.9 Å². The number of benzene rings is 1. The van der Waals surface area contributed by atoms with Gasteiger partial charge in [-0.05, 0) is 46.5 Å². The van der Waals surface area contributed by atoms with Crippen LogP contribution in [0, 0.1) is 0 Å². The molecule has 1 saturated heterocycles. The van der Waals surface area contributed by atoms with Crippen molar-refractivity contribution in [2.75, 3.05) is 13.1 Å². The second-order valence-electron chi connectivity index (χ2n) is 4.95. The van der Waals surface area contributed by atoms with Crippen LogP contribution in [0.4, 0.5) is 0 Å². The number of hydrogen-bond acceptors (Lipinski definition) is 4. The molecule has 0 unspecified atom stereocenters. The second-order valence-corrected chi connectivity index (χ2v) is 7.80. The van der Waals surface area contributed by atoms with E-state index < -0.39 is 10.0 Å². The van der Waals surface area contributed by atoms with E-state index in [0.717, 1.165) is 23.0 Å². The molecule has 1 aromatic rings. The van der Waals surface area contributed by atoms with Crippen LogP contribution in [0.3, 0.4) is 0 Å². The van der Waals surface area contributed by atoms with Gasteiger partial charge in [-0.25, -0.2) is 8.42 Å². The lowest BCUT2D eigenvalue weighted by Crippen LogP contribution is -2.27. The first-order chi connectivity index (χ1) is 9.57. The van der Waals surface area contributed by atoms with Crippen molar-refractivity contribution in [3.05, 3.63) is 29.8 Å². The molecule has 3 rings (SSSR count). The molecule has 0 radical (unpaired) electrons. The Kier molecular flexibility index (Phi) is 3.83. The van der Waals surface area contributed by atoms with E-state index in [0.29, 0.717) is 24.4 Å². The lowest BCUT2D eigenvalue weighted by Gasteiger charge is -2.16. The summed E-state index contributed by atoms with van der Waals surface area (Å²) in [7, 11) is -3.34. The molecule has 1 fully saturated rings. The average molecular weight is 359 g/mol. The summed E-state index contributed by atoms with van der Waals surface area (Å²) in [4.78, 5) is 5.61. The van der Waals surface area contributed by atoms with E-state index in [-0.39, 0.29) is 6.10 Å². The van der Waals surface area contributed by atoms with Crippen LogP contribution in [0.2, 0.25) is 0 Å². The predicted molar refractivity (Wildman–Crippen MR) is 79.2 cm³/mol. The van der Waals surface area contributed by atoms with E-state index in [1.54, 1.807) is 28.6 Å². The summed E-state index contributed by atoms with van der Waals surface area (Å²) in [5.74, 6) is 0. The first-order valence-corrected chi connectivity index (χ1v) is 8.79. The van der Waals surface area contributed by atoms with Crippen molar-refractivity contribution >= 4 is 30.6 Å². The maximum atomic E-state index is 12.4. The summed E-state index contributed by atoms with van der Waals surface area (Å²) < 4.78 is 27.1. The molecule has 0 N–H and O–H groups in total. The predicted octanol–water partition coefficient (Wildman–Crippen LogP) is 2.64. The molecular formula is C13H15BrN2O3S. The standard InChI is InChI=1S/C13H15BrN2O3S/c14-13-9-12(19-15-13)10-3-5-11(6-4-10)20(17,18)16-7-1-2-8-16/h3-6,12H,1-2,7-9H2/t12-/m1/s1. The van der Waals surface area contributed by atoms with Gasteiger partial charge in [0.25, 0.3) is 0 Å². The van der Waals surface area contributed by atoms with Crippen LogP contribution in [0.1, 0.15) is 30.9 Å². The third-order valence-corrected chi connectivity index (χ3v) is 5.97. The van der Waals surface area contributed by atoms with Gasteiger partial charge in [0.2, 0.25) is 10.0 Å². The van der Waals surface area contributed by atoms with Crippen molar-refractivity contribution in [2.24, 2.45) is 5.16 Å². The molecule has 0 aromatic heterocycles. The topological polar surface area (TPSA) is 59.0 Å². The molecule has 0 aliphatic carbocycles. The van der Waals surface area contributed by atoms with Crippen LogP contribution in [0.25, 0.3) is 0 Å². The molecule has 1 atom stereocenters. The number of halogens is 1. The molecule has 5 nitrogen and oxygen atoms in total. The summed E-state index contributed by atoms with van der Waals surface area (Å²) in [5.41, 5.74) is 0.934. The Labute approximate surface area is 126 Å². The van der Waals surface area contributed by atoms with Crippen molar-refractivity contribution in [3.63, 3.8) is 0 Å². The van der Waals surface area contributed by atoms with E-state index in [4.69, 9.17) is 4.84 Å². The van der Waals surface area contributed by atoms with E-state index in [1.165, 1.54) is 0 Å². The first kappa shape index (κ1) is 14.0. The Morgan fingerprint density at radius 2 is 1.85 bits per heavy atom. The molecule has 0 bridgehead atoms. The van der Waals surface area contributed by atoms with Gasteiger partial charge in [0, 0.05) is 19.5 Å². The fourth-order valence-corrected chi connectivity index (χ4v) is 4.35. The molecule has 2 heterocycles. The molecule has 0 saturated carbocycles. The van der Waals surface area contributed by atoms with Crippen LogP contribution < -0.4 is 0 Å². The van der Waals surface area contributed by atoms with Crippen LogP contribution in [-0.2, 0) is 14.9 Å². The molecule has 0 spiro atoms. The highest BCUT2D eigenvalue weighted by Gasteiger charge is 2.28. The SMILES string of the molecule is O=S(=O)(c1ccc([C@H]2CC(Br)=NO2)cc1)N1CCCC1. The van der Waals surface area contributed by atoms with Gasteiger partial charge in [-0.2, -0.15) is 4.31 Å². The minimum absolute atomic E-state index is 0.132. The van der Waals surface area contributed by atoms with Gasteiger partial charge in [-0.15, -0.1) is 0 Å². The van der Waals surface area contributed by atoms with Crippen LogP contribution in [0.15, 0.2) is 34.3 Å². The van der Waals surface area contributed by atoms with E-state index in [2.05, 4.69) is 21.1 Å². The molecule has 2 aliphatic heterocycles. The Hall–Kier alpha value is -0.920. The summed E-state index contributed by atoms with van der Waals surface area (Å²) in [6.07, 6.45) is 2.43. The van der Waals surface area contributed by atoms with E-state index >= 15 is 0 Å². The molecule has 2 aliphatic rings. The van der Waals surface area contributed by atoms with Gasteiger partial charge in [0.15, 0.2) is 6.10 Å². The normalized spacial score (nSPS) is 23.6. The maximum absolute atomic E-state index is 12.4. The summed E-state index contributed by atoms with van der Waals surface area (Å²) in [6, 6.07) is 6.90. The molecule has 0 amide bonds. The number of hydrogen-bond donors (Lipinski definition) is 0. The van der Waals surface area contributed by atoms with Gasteiger partial charge in [-0.3, -0.25) is 0 Å². The highest BCUT2D eigenvalue weighted by atomic mass is 79.9. The third kappa shape index (κ3) is 2.62. The lowest BCUT2D eigenvalue weighted by atomic mass is 10.1. The monoisotopic (exact) mass is 358 g/mol. The van der Waals surface area contributed by atoms with Crippen LogP contribution in [0.5, 0.6) is 0 Å². The number of sulfonamides is 1. The van der Waals surface area contributed by atoms with E-state index in [1.807, 2.05) is 0 Å². The zero-order chi connectivity index (χ0) is 14.2. The average Bonchev–Trinajstić information content (AvgIpc) is 3.10. The quantitative estimate of drug-likeness (QED) is 0.834. The second kappa shape index (κ2) is 5.46. The molecule has 1 aromatic carbocycles. The lowest BCUT2D eigenvalue weighted by molar-refractivity contribution is 0.0857. The molecule has 20 heavy (non-hydrogen) atoms. The van der Waals surface area contributed by atoms with Gasteiger partial charge in [0.1, 0.15) is 4.62 Å². The highest BCUT2D eigenvalue weighted by molar-refractivity contribution is 9.18. The van der Waals surface area contributed by atoms with Crippen molar-refractivity contribution < 1.29 is 13.3 Å². The van der Waals surface area contributed by atoms with Crippen molar-refractivity contribution in [1.29, 1.82) is 0 Å². The largest absolute Gasteiger partial charge is 0.386 e. The van der Waals surface area contributed by atoms with Gasteiger partial charge in [0.05, 0.1) is 4.90 Å². The van der Waals surface area contributed by atoms with Crippen molar-refractivity contribution in [2.45, 2.75) is 30.3 Å². The minimum Gasteiger partial charge on any atom is -0.386 e. The Morgan fingerprint density at radius 1 is 1.20 bits per heavy atom. The van der Waals surface area contributed by atoms with Crippen LogP contribution in [-0.4, -0.2) is 30.4 Å². The molecular weight excluding hydrogens is 344 g/mol. The summed E-state index contributed by atoms with van der Waals surface area (Å²) in [6.45, 7) is 1.24. The molecule has 7 heteroatoms. The van der Waals surface area contributed by atoms with Gasteiger partial charge < -0.3 is 4.84 Å². The zero-order valence-electron chi connectivity index (χ0n) is 10.8. The minimum atomic E-state index is -3.34. The zero-order valence-corrected chi connectivity index (χ0v) is 13.2. The Bertz CT molecular complexity index is 622. The fraction of sp³-hybridized carbons (Fsp3) is 0.462. The fourth-order valence-electron chi connectivity index (χ4n) is 2.46. The Morgan fingerprint density at radius 3 is 2.40 bits per heavy atom. The number of rotatable bonds is 3. The Balaban J connectivity index is 1.79. The van der Waals surface area contributed by atoms with E-state index in [9.17, 15) is 8.42 Å². The van der Waals surface area contributed by atoms with Gasteiger partial charge >= 0.3 is 0 Å².